The van der Waals surface area contributed by atoms with Gasteiger partial charge in [-0.3, -0.25) is 9.59 Å². The van der Waals surface area contributed by atoms with E-state index in [0.29, 0.717) is 6.42 Å². The standard InChI is InChI=1S/C12H24N2O3/c1-8(12(16)17)6-5-7-9(2)14-10(3)11(15)13-4/h8-10,14H,5-7H2,1-4H3,(H,13,15)(H,16,17). The first-order chi connectivity index (χ1) is 7.88. The van der Waals surface area contributed by atoms with E-state index >= 15 is 0 Å². The zero-order valence-corrected chi connectivity index (χ0v) is 11.1. The smallest absolute Gasteiger partial charge is 0.306 e. The molecule has 0 fully saturated rings. The molecule has 0 aromatic heterocycles. The minimum absolute atomic E-state index is 0.0317. The summed E-state index contributed by atoms with van der Waals surface area (Å²) in [6.07, 6.45) is 2.40. The van der Waals surface area contributed by atoms with Crippen LogP contribution in [0.3, 0.4) is 0 Å². The van der Waals surface area contributed by atoms with Gasteiger partial charge in [0.25, 0.3) is 0 Å². The Hall–Kier alpha value is -1.10. The Bertz CT molecular complexity index is 256. The average Bonchev–Trinajstić information content (AvgIpc) is 2.27. The first-order valence-electron chi connectivity index (χ1n) is 6.09. The first kappa shape index (κ1) is 15.9. The quantitative estimate of drug-likeness (QED) is 0.595. The minimum Gasteiger partial charge on any atom is -0.481 e. The predicted octanol–water partition coefficient (Wildman–Crippen LogP) is 0.990. The minimum atomic E-state index is -0.746. The number of carbonyl (C=O) groups is 2. The lowest BCUT2D eigenvalue weighted by Crippen LogP contribution is -2.44. The van der Waals surface area contributed by atoms with Crippen molar-refractivity contribution in [1.29, 1.82) is 0 Å². The normalized spacial score (nSPS) is 16.0. The van der Waals surface area contributed by atoms with Crippen LogP contribution >= 0.6 is 0 Å². The second kappa shape index (κ2) is 8.06. The summed E-state index contributed by atoms with van der Waals surface area (Å²) < 4.78 is 0. The maximum absolute atomic E-state index is 11.3. The summed E-state index contributed by atoms with van der Waals surface area (Å²) in [6, 6.07) is -0.00445. The van der Waals surface area contributed by atoms with E-state index in [-0.39, 0.29) is 23.9 Å². The third-order valence-electron chi connectivity index (χ3n) is 2.87. The number of carboxylic acids is 1. The fourth-order valence-electron chi connectivity index (χ4n) is 1.66. The third-order valence-corrected chi connectivity index (χ3v) is 2.87. The Morgan fingerprint density at radius 2 is 1.76 bits per heavy atom. The molecule has 0 saturated heterocycles. The van der Waals surface area contributed by atoms with E-state index in [2.05, 4.69) is 10.6 Å². The summed E-state index contributed by atoms with van der Waals surface area (Å²) in [7, 11) is 1.61. The molecule has 5 nitrogen and oxygen atoms in total. The van der Waals surface area contributed by atoms with Gasteiger partial charge in [0.2, 0.25) is 5.91 Å². The highest BCUT2D eigenvalue weighted by Crippen LogP contribution is 2.09. The van der Waals surface area contributed by atoms with Crippen LogP contribution in [0.2, 0.25) is 0 Å². The lowest BCUT2D eigenvalue weighted by atomic mass is 10.0. The molecule has 0 aliphatic carbocycles. The zero-order chi connectivity index (χ0) is 13.4. The number of rotatable bonds is 8. The van der Waals surface area contributed by atoms with Crippen molar-refractivity contribution in [3.63, 3.8) is 0 Å². The average molecular weight is 244 g/mol. The van der Waals surface area contributed by atoms with Crippen molar-refractivity contribution in [3.8, 4) is 0 Å². The van der Waals surface area contributed by atoms with E-state index in [1.807, 2.05) is 13.8 Å². The van der Waals surface area contributed by atoms with Gasteiger partial charge in [-0.05, 0) is 26.7 Å². The number of aliphatic carboxylic acids is 1. The van der Waals surface area contributed by atoms with Crippen LogP contribution in [0.25, 0.3) is 0 Å². The van der Waals surface area contributed by atoms with E-state index in [1.165, 1.54) is 0 Å². The van der Waals surface area contributed by atoms with Gasteiger partial charge in [-0.25, -0.2) is 0 Å². The fourth-order valence-corrected chi connectivity index (χ4v) is 1.66. The van der Waals surface area contributed by atoms with Crippen LogP contribution in [0, 0.1) is 5.92 Å². The number of amides is 1. The Kier molecular flexibility index (Phi) is 7.54. The number of carboxylic acid groups (broad SMARTS) is 1. The van der Waals surface area contributed by atoms with Crippen LogP contribution < -0.4 is 10.6 Å². The number of carbonyl (C=O) groups excluding carboxylic acids is 1. The molecule has 0 bridgehead atoms. The number of likely N-dealkylation sites (N-methyl/N-ethyl adjacent to an activating group) is 1. The van der Waals surface area contributed by atoms with Gasteiger partial charge in [0, 0.05) is 13.1 Å². The molecule has 100 valence electrons. The van der Waals surface area contributed by atoms with Gasteiger partial charge in [-0.1, -0.05) is 13.3 Å². The van der Waals surface area contributed by atoms with Gasteiger partial charge in [-0.15, -0.1) is 0 Å². The van der Waals surface area contributed by atoms with Crippen molar-refractivity contribution in [2.24, 2.45) is 5.92 Å². The van der Waals surface area contributed by atoms with Crippen molar-refractivity contribution < 1.29 is 14.7 Å². The molecule has 0 heterocycles. The topological polar surface area (TPSA) is 78.4 Å². The van der Waals surface area contributed by atoms with Gasteiger partial charge in [0.15, 0.2) is 0 Å². The lowest BCUT2D eigenvalue weighted by Gasteiger charge is -2.19. The molecule has 0 aromatic carbocycles. The highest BCUT2D eigenvalue weighted by atomic mass is 16.4. The number of hydrogen-bond acceptors (Lipinski definition) is 3. The predicted molar refractivity (Wildman–Crippen MR) is 66.8 cm³/mol. The van der Waals surface area contributed by atoms with Crippen molar-refractivity contribution >= 4 is 11.9 Å². The Morgan fingerprint density at radius 3 is 2.24 bits per heavy atom. The number of nitrogens with one attached hydrogen (secondary N) is 2. The molecule has 0 aromatic rings. The monoisotopic (exact) mass is 244 g/mol. The van der Waals surface area contributed by atoms with Crippen molar-refractivity contribution in [1.82, 2.24) is 10.6 Å². The van der Waals surface area contributed by atoms with Crippen molar-refractivity contribution in [2.75, 3.05) is 7.05 Å². The Morgan fingerprint density at radius 1 is 1.18 bits per heavy atom. The molecule has 0 saturated carbocycles. The molecule has 0 radical (unpaired) electrons. The second-order valence-corrected chi connectivity index (χ2v) is 4.57. The van der Waals surface area contributed by atoms with E-state index in [0.717, 1.165) is 12.8 Å². The summed E-state index contributed by atoms with van der Waals surface area (Å²) in [4.78, 5) is 21.9. The molecular formula is C12H24N2O3. The SMILES string of the molecule is CNC(=O)C(C)NC(C)CCCC(C)C(=O)O. The van der Waals surface area contributed by atoms with Crippen molar-refractivity contribution in [3.05, 3.63) is 0 Å². The molecule has 0 aliphatic rings. The zero-order valence-electron chi connectivity index (χ0n) is 11.1. The molecule has 0 rings (SSSR count). The van der Waals surface area contributed by atoms with Crippen LogP contribution in [-0.2, 0) is 9.59 Å². The largest absolute Gasteiger partial charge is 0.481 e. The maximum Gasteiger partial charge on any atom is 0.306 e. The molecule has 3 N–H and O–H groups in total. The summed E-state index contributed by atoms with van der Waals surface area (Å²) in [5.74, 6) is -1.07. The third kappa shape index (κ3) is 6.94. The maximum atomic E-state index is 11.3. The lowest BCUT2D eigenvalue weighted by molar-refractivity contribution is -0.141. The van der Waals surface area contributed by atoms with E-state index in [1.54, 1.807) is 14.0 Å². The molecule has 1 amide bonds. The van der Waals surface area contributed by atoms with E-state index in [9.17, 15) is 9.59 Å². The fraction of sp³-hybridized carbons (Fsp3) is 0.833. The molecule has 0 spiro atoms. The van der Waals surface area contributed by atoms with Crippen LogP contribution in [0.15, 0.2) is 0 Å². The Labute approximate surface area is 103 Å². The van der Waals surface area contributed by atoms with E-state index < -0.39 is 5.97 Å². The summed E-state index contributed by atoms with van der Waals surface area (Å²) >= 11 is 0. The van der Waals surface area contributed by atoms with Gasteiger partial charge in [0.05, 0.1) is 12.0 Å². The van der Waals surface area contributed by atoms with Gasteiger partial charge in [-0.2, -0.15) is 0 Å². The Balaban J connectivity index is 3.76. The van der Waals surface area contributed by atoms with Crippen LogP contribution in [0.5, 0.6) is 0 Å². The first-order valence-corrected chi connectivity index (χ1v) is 6.09. The highest BCUT2D eigenvalue weighted by molar-refractivity contribution is 5.80. The number of hydrogen-bond donors (Lipinski definition) is 3. The van der Waals surface area contributed by atoms with Gasteiger partial charge in [0.1, 0.15) is 0 Å². The molecular weight excluding hydrogens is 220 g/mol. The van der Waals surface area contributed by atoms with E-state index in [4.69, 9.17) is 5.11 Å². The summed E-state index contributed by atoms with van der Waals surface area (Å²) in [5.41, 5.74) is 0. The highest BCUT2D eigenvalue weighted by Gasteiger charge is 2.15. The van der Waals surface area contributed by atoms with Crippen LogP contribution in [0.4, 0.5) is 0 Å². The second-order valence-electron chi connectivity index (χ2n) is 4.57. The van der Waals surface area contributed by atoms with Gasteiger partial charge < -0.3 is 15.7 Å². The molecule has 3 atom stereocenters. The van der Waals surface area contributed by atoms with Crippen LogP contribution in [0.1, 0.15) is 40.0 Å². The summed E-state index contributed by atoms with van der Waals surface area (Å²) in [5, 5.41) is 14.5. The van der Waals surface area contributed by atoms with Crippen molar-refractivity contribution in [2.45, 2.75) is 52.1 Å². The van der Waals surface area contributed by atoms with Crippen LogP contribution in [-0.4, -0.2) is 36.1 Å². The molecule has 3 unspecified atom stereocenters. The summed E-state index contributed by atoms with van der Waals surface area (Å²) in [6.45, 7) is 5.54. The van der Waals surface area contributed by atoms with Gasteiger partial charge >= 0.3 is 5.97 Å². The molecule has 0 aliphatic heterocycles. The molecule has 5 heteroatoms. The molecule has 17 heavy (non-hydrogen) atoms.